The average Bonchev–Trinajstić information content (AvgIpc) is 2.65. The molecule has 3 rings (SSSR count). The normalized spacial score (nSPS) is 20.4. The maximum Gasteiger partial charge on any atom is 0.0979 e. The summed E-state index contributed by atoms with van der Waals surface area (Å²) < 4.78 is 0. The Labute approximate surface area is 168 Å². The lowest BCUT2D eigenvalue weighted by Crippen LogP contribution is -2.42. The molecule has 0 saturated heterocycles. The van der Waals surface area contributed by atoms with Crippen molar-refractivity contribution in [3.8, 4) is 0 Å². The van der Waals surface area contributed by atoms with Gasteiger partial charge in [-0.2, -0.15) is 0 Å². The molecule has 1 aliphatic rings. The molecule has 0 saturated carbocycles. The van der Waals surface area contributed by atoms with Crippen LogP contribution in [0.3, 0.4) is 0 Å². The van der Waals surface area contributed by atoms with Crippen LogP contribution in [-0.2, 0) is 22.5 Å². The molecule has 0 spiro atoms. The van der Waals surface area contributed by atoms with Gasteiger partial charge in [0.15, 0.2) is 0 Å². The van der Waals surface area contributed by atoms with E-state index in [1.54, 1.807) is 0 Å². The van der Waals surface area contributed by atoms with Crippen molar-refractivity contribution in [1.82, 2.24) is 0 Å². The van der Waals surface area contributed by atoms with Gasteiger partial charge in [-0.1, -0.05) is 89.2 Å². The Bertz CT molecular complexity index is 821. The fraction of sp³-hybridized carbons (Fsp3) is 0.520. The molecule has 0 aliphatic heterocycles. The van der Waals surface area contributed by atoms with Gasteiger partial charge in [-0.15, -0.1) is 0 Å². The predicted molar refractivity (Wildman–Crippen MR) is 120 cm³/mol. The quantitative estimate of drug-likeness (QED) is 0.749. The summed E-state index contributed by atoms with van der Waals surface area (Å²) in [6.07, 6.45) is 4.22. The standard InChI is InChI=1S/C25H36OSi/c1-7-18-11-9-10-12-20(18)25(26,8-2)27-19-13-14-21-22(17-19)24(5,6)16-15-23(21,3)4/h9-14,17,26H,7-8,15-16,27H2,1-6H3. The summed E-state index contributed by atoms with van der Waals surface area (Å²) in [7, 11) is -0.882. The van der Waals surface area contributed by atoms with E-state index in [4.69, 9.17) is 0 Å². The van der Waals surface area contributed by atoms with Crippen LogP contribution >= 0.6 is 0 Å². The van der Waals surface area contributed by atoms with Crippen molar-refractivity contribution < 1.29 is 5.11 Å². The van der Waals surface area contributed by atoms with Crippen LogP contribution in [0.15, 0.2) is 42.5 Å². The van der Waals surface area contributed by atoms with Crippen LogP contribution in [0.25, 0.3) is 0 Å². The van der Waals surface area contributed by atoms with Crippen LogP contribution in [-0.4, -0.2) is 14.6 Å². The molecule has 0 bridgehead atoms. The van der Waals surface area contributed by atoms with Crippen molar-refractivity contribution in [2.24, 2.45) is 0 Å². The second-order valence-electron chi connectivity index (χ2n) is 9.72. The van der Waals surface area contributed by atoms with Crippen molar-refractivity contribution in [2.75, 3.05) is 0 Å². The molecule has 0 heterocycles. The van der Waals surface area contributed by atoms with Crippen LogP contribution in [0, 0.1) is 0 Å². The van der Waals surface area contributed by atoms with Gasteiger partial charge >= 0.3 is 0 Å². The Balaban J connectivity index is 2.02. The SMILES string of the molecule is CCc1ccccc1C(O)(CC)[SiH2]c1ccc2c(c1)C(C)(C)CCC2(C)C. The summed E-state index contributed by atoms with van der Waals surface area (Å²) in [4.78, 5) is 0. The van der Waals surface area contributed by atoms with E-state index >= 15 is 0 Å². The molecular formula is C25H36OSi. The molecule has 2 heteroatoms. The van der Waals surface area contributed by atoms with E-state index in [-0.39, 0.29) is 10.8 Å². The summed E-state index contributed by atoms with van der Waals surface area (Å²) in [5, 5.41) is 12.4. The maximum atomic E-state index is 11.7. The van der Waals surface area contributed by atoms with E-state index < -0.39 is 14.7 Å². The first-order valence-corrected chi connectivity index (χ1v) is 12.0. The number of rotatable bonds is 5. The Morgan fingerprint density at radius 3 is 2.19 bits per heavy atom. The largest absolute Gasteiger partial charge is 0.389 e. The van der Waals surface area contributed by atoms with E-state index in [1.165, 1.54) is 34.7 Å². The van der Waals surface area contributed by atoms with Crippen LogP contribution in [0.4, 0.5) is 0 Å². The molecule has 1 nitrogen and oxygen atoms in total. The van der Waals surface area contributed by atoms with Gasteiger partial charge in [-0.25, -0.2) is 0 Å². The molecule has 1 aliphatic carbocycles. The highest BCUT2D eigenvalue weighted by atomic mass is 28.2. The number of aliphatic hydroxyl groups is 1. The molecule has 27 heavy (non-hydrogen) atoms. The van der Waals surface area contributed by atoms with Gasteiger partial charge in [0.25, 0.3) is 0 Å². The highest BCUT2D eigenvalue weighted by Crippen LogP contribution is 2.45. The number of fused-ring (bicyclic) bond motifs is 1. The highest BCUT2D eigenvalue weighted by molar-refractivity contribution is 6.56. The molecular weight excluding hydrogens is 344 g/mol. The first-order valence-electron chi connectivity index (χ1n) is 10.6. The molecule has 2 aromatic rings. The smallest absolute Gasteiger partial charge is 0.0979 e. The average molecular weight is 381 g/mol. The summed E-state index contributed by atoms with van der Waals surface area (Å²) in [6, 6.07) is 15.6. The summed E-state index contributed by atoms with van der Waals surface area (Å²) in [5.41, 5.74) is 5.92. The van der Waals surface area contributed by atoms with Gasteiger partial charge in [0.05, 0.1) is 14.7 Å². The van der Waals surface area contributed by atoms with E-state index in [2.05, 4.69) is 84.0 Å². The first-order chi connectivity index (χ1) is 12.6. The highest BCUT2D eigenvalue weighted by Gasteiger charge is 2.38. The summed E-state index contributed by atoms with van der Waals surface area (Å²) in [5.74, 6) is 0. The van der Waals surface area contributed by atoms with Crippen LogP contribution in [0.2, 0.25) is 0 Å². The Morgan fingerprint density at radius 2 is 1.56 bits per heavy atom. The van der Waals surface area contributed by atoms with Crippen LogP contribution in [0.5, 0.6) is 0 Å². The van der Waals surface area contributed by atoms with Crippen LogP contribution in [0.1, 0.15) is 83.1 Å². The Kier molecular flexibility index (Phi) is 5.44. The molecule has 0 fully saturated rings. The maximum absolute atomic E-state index is 11.7. The van der Waals surface area contributed by atoms with E-state index in [9.17, 15) is 5.11 Å². The number of hydrogen-bond donors (Lipinski definition) is 1. The van der Waals surface area contributed by atoms with Crippen molar-refractivity contribution in [3.05, 3.63) is 64.7 Å². The van der Waals surface area contributed by atoms with E-state index in [0.29, 0.717) is 0 Å². The molecule has 1 N–H and O–H groups in total. The molecule has 0 radical (unpaired) electrons. The Hall–Kier alpha value is -1.38. The molecule has 1 atom stereocenters. The van der Waals surface area contributed by atoms with E-state index in [1.807, 2.05) is 0 Å². The third-order valence-electron chi connectivity index (χ3n) is 6.90. The molecule has 2 aromatic carbocycles. The number of hydrogen-bond acceptors (Lipinski definition) is 1. The molecule has 1 unspecified atom stereocenters. The number of benzene rings is 2. The van der Waals surface area contributed by atoms with Crippen LogP contribution < -0.4 is 5.19 Å². The second-order valence-corrected chi connectivity index (χ2v) is 12.1. The monoisotopic (exact) mass is 380 g/mol. The fourth-order valence-corrected chi connectivity index (χ4v) is 6.78. The zero-order valence-electron chi connectivity index (χ0n) is 18.0. The summed E-state index contributed by atoms with van der Waals surface area (Å²) in [6.45, 7) is 13.8. The van der Waals surface area contributed by atoms with Crippen molar-refractivity contribution in [1.29, 1.82) is 0 Å². The van der Waals surface area contributed by atoms with Gasteiger partial charge in [-0.3, -0.25) is 0 Å². The predicted octanol–water partition coefficient (Wildman–Crippen LogP) is 4.65. The third-order valence-corrected chi connectivity index (χ3v) is 9.21. The minimum Gasteiger partial charge on any atom is -0.389 e. The molecule has 0 amide bonds. The topological polar surface area (TPSA) is 20.2 Å². The zero-order valence-corrected chi connectivity index (χ0v) is 19.4. The van der Waals surface area contributed by atoms with Gasteiger partial charge in [0, 0.05) is 0 Å². The lowest BCUT2D eigenvalue weighted by Gasteiger charge is -2.42. The lowest BCUT2D eigenvalue weighted by atomic mass is 9.63. The lowest BCUT2D eigenvalue weighted by molar-refractivity contribution is 0.120. The minimum atomic E-state index is -0.882. The van der Waals surface area contributed by atoms with Gasteiger partial charge in [-0.05, 0) is 58.8 Å². The Morgan fingerprint density at radius 1 is 0.926 bits per heavy atom. The van der Waals surface area contributed by atoms with Crippen molar-refractivity contribution in [3.63, 3.8) is 0 Å². The zero-order chi connectivity index (χ0) is 19.9. The van der Waals surface area contributed by atoms with E-state index in [0.717, 1.165) is 18.4 Å². The van der Waals surface area contributed by atoms with Crippen molar-refractivity contribution in [2.45, 2.75) is 83.3 Å². The molecule has 0 aromatic heterocycles. The molecule has 146 valence electrons. The second kappa shape index (κ2) is 7.22. The van der Waals surface area contributed by atoms with Gasteiger partial charge < -0.3 is 5.11 Å². The van der Waals surface area contributed by atoms with Gasteiger partial charge in [0.2, 0.25) is 0 Å². The van der Waals surface area contributed by atoms with Gasteiger partial charge in [0.1, 0.15) is 0 Å². The third kappa shape index (κ3) is 3.79. The minimum absolute atomic E-state index is 0.223. The first kappa shape index (κ1) is 20.4. The van der Waals surface area contributed by atoms with Crippen molar-refractivity contribution >= 4 is 14.7 Å². The number of aryl methyl sites for hydroxylation is 1. The fourth-order valence-electron chi connectivity index (χ4n) is 4.78. The summed E-state index contributed by atoms with van der Waals surface area (Å²) >= 11 is 0.